The van der Waals surface area contributed by atoms with Gasteiger partial charge in [-0.05, 0) is 51.2 Å². The Morgan fingerprint density at radius 2 is 1.95 bits per heavy atom. The smallest absolute Gasteiger partial charge is 0.236 e. The van der Waals surface area contributed by atoms with Crippen molar-refractivity contribution in [1.82, 2.24) is 15.1 Å². The van der Waals surface area contributed by atoms with E-state index in [0.29, 0.717) is 12.5 Å². The van der Waals surface area contributed by atoms with Gasteiger partial charge in [0.15, 0.2) is 0 Å². The van der Waals surface area contributed by atoms with Gasteiger partial charge in [0.25, 0.3) is 0 Å². The van der Waals surface area contributed by atoms with E-state index in [4.69, 9.17) is 0 Å². The molecule has 1 atom stereocenters. The van der Waals surface area contributed by atoms with Gasteiger partial charge in [0.2, 0.25) is 5.91 Å². The molecule has 4 nitrogen and oxygen atoms in total. The van der Waals surface area contributed by atoms with Crippen molar-refractivity contribution < 1.29 is 4.79 Å². The van der Waals surface area contributed by atoms with Gasteiger partial charge in [0, 0.05) is 19.6 Å². The molecule has 1 heterocycles. The maximum absolute atomic E-state index is 12.0. The number of nitrogens with zero attached hydrogens (tertiary/aromatic N) is 2. The zero-order valence-electron chi connectivity index (χ0n) is 12.6. The molecule has 1 amide bonds. The minimum atomic E-state index is 0. The molecule has 2 fully saturated rings. The summed E-state index contributed by atoms with van der Waals surface area (Å²) >= 11 is 0. The van der Waals surface area contributed by atoms with Crippen LogP contribution in [0.15, 0.2) is 0 Å². The summed E-state index contributed by atoms with van der Waals surface area (Å²) in [6.45, 7) is 7.86. The summed E-state index contributed by atoms with van der Waals surface area (Å²) in [7, 11) is 2.15. The first-order valence-electron chi connectivity index (χ1n) is 7.36. The third-order valence-electron chi connectivity index (χ3n) is 4.15. The fourth-order valence-electron chi connectivity index (χ4n) is 2.60. The summed E-state index contributed by atoms with van der Waals surface area (Å²) in [4.78, 5) is 16.4. The van der Waals surface area contributed by atoms with Crippen LogP contribution in [0.25, 0.3) is 0 Å². The summed E-state index contributed by atoms with van der Waals surface area (Å²) < 4.78 is 0. The molecular weight excluding hydrogens is 297 g/mol. The van der Waals surface area contributed by atoms with Crippen LogP contribution >= 0.6 is 24.8 Å². The van der Waals surface area contributed by atoms with Crippen LogP contribution in [0, 0.1) is 11.8 Å². The van der Waals surface area contributed by atoms with E-state index in [1.54, 1.807) is 0 Å². The fourth-order valence-corrected chi connectivity index (χ4v) is 2.60. The minimum absolute atomic E-state index is 0. The van der Waals surface area contributed by atoms with Gasteiger partial charge in [-0.2, -0.15) is 0 Å². The van der Waals surface area contributed by atoms with Crippen LogP contribution in [0.2, 0.25) is 0 Å². The van der Waals surface area contributed by atoms with Crippen molar-refractivity contribution in [1.29, 1.82) is 0 Å². The van der Waals surface area contributed by atoms with Gasteiger partial charge in [-0.1, -0.05) is 6.92 Å². The number of hydrogen-bond acceptors (Lipinski definition) is 3. The molecule has 0 aromatic carbocycles. The molecule has 1 saturated heterocycles. The lowest BCUT2D eigenvalue weighted by Crippen LogP contribution is -2.38. The maximum Gasteiger partial charge on any atom is 0.236 e. The van der Waals surface area contributed by atoms with Gasteiger partial charge in [-0.3, -0.25) is 4.79 Å². The van der Waals surface area contributed by atoms with E-state index < -0.39 is 0 Å². The van der Waals surface area contributed by atoms with Crippen LogP contribution in [0.3, 0.4) is 0 Å². The van der Waals surface area contributed by atoms with Crippen molar-refractivity contribution in [3.8, 4) is 0 Å². The number of halogens is 2. The third kappa shape index (κ3) is 6.61. The topological polar surface area (TPSA) is 35.6 Å². The van der Waals surface area contributed by atoms with E-state index in [0.717, 1.165) is 38.6 Å². The zero-order valence-corrected chi connectivity index (χ0v) is 14.3. The standard InChI is InChI=1S/C14H27N3O.2ClH/c1-3-16(2)10-13-6-7-17(11-13)14(18)9-15-8-12-4-5-12;;/h12-13,15H,3-11H2,1-2H3;2*1H. The van der Waals surface area contributed by atoms with E-state index in [1.165, 1.54) is 19.3 Å². The Hall–Kier alpha value is -0.0300. The molecule has 120 valence electrons. The number of nitrogens with one attached hydrogen (secondary N) is 1. The molecule has 1 unspecified atom stereocenters. The van der Waals surface area contributed by atoms with E-state index in [-0.39, 0.29) is 30.7 Å². The fraction of sp³-hybridized carbons (Fsp3) is 0.929. The predicted molar refractivity (Wildman–Crippen MR) is 87.9 cm³/mol. The molecule has 2 rings (SSSR count). The zero-order chi connectivity index (χ0) is 13.0. The molecule has 0 aromatic heterocycles. The Morgan fingerprint density at radius 3 is 2.55 bits per heavy atom. The molecule has 2 aliphatic rings. The van der Waals surface area contributed by atoms with Crippen LogP contribution in [0.4, 0.5) is 0 Å². The van der Waals surface area contributed by atoms with Crippen molar-refractivity contribution in [2.45, 2.75) is 26.2 Å². The van der Waals surface area contributed by atoms with Gasteiger partial charge in [0.05, 0.1) is 6.54 Å². The first-order valence-corrected chi connectivity index (χ1v) is 7.36. The van der Waals surface area contributed by atoms with Crippen molar-refractivity contribution in [2.75, 3.05) is 46.3 Å². The lowest BCUT2D eigenvalue weighted by Gasteiger charge is -2.20. The number of carbonyl (C=O) groups excluding carboxylic acids is 1. The lowest BCUT2D eigenvalue weighted by molar-refractivity contribution is -0.129. The monoisotopic (exact) mass is 325 g/mol. The second kappa shape index (κ2) is 9.82. The van der Waals surface area contributed by atoms with Gasteiger partial charge in [-0.25, -0.2) is 0 Å². The number of likely N-dealkylation sites (tertiary alicyclic amines) is 1. The highest BCUT2D eigenvalue weighted by Gasteiger charge is 2.27. The van der Waals surface area contributed by atoms with Crippen LogP contribution in [0.5, 0.6) is 0 Å². The Balaban J connectivity index is 0.00000180. The number of carbonyl (C=O) groups is 1. The van der Waals surface area contributed by atoms with E-state index in [2.05, 4.69) is 24.2 Å². The molecule has 0 spiro atoms. The van der Waals surface area contributed by atoms with Crippen molar-refractivity contribution in [3.63, 3.8) is 0 Å². The van der Waals surface area contributed by atoms with Gasteiger partial charge < -0.3 is 15.1 Å². The summed E-state index contributed by atoms with van der Waals surface area (Å²) in [5.74, 6) is 1.81. The number of rotatable bonds is 7. The summed E-state index contributed by atoms with van der Waals surface area (Å²) in [5.41, 5.74) is 0. The van der Waals surface area contributed by atoms with Crippen LogP contribution in [0.1, 0.15) is 26.2 Å². The highest BCUT2D eigenvalue weighted by atomic mass is 35.5. The normalized spacial score (nSPS) is 21.6. The minimum Gasteiger partial charge on any atom is -0.341 e. The molecule has 0 bridgehead atoms. The second-order valence-corrected chi connectivity index (χ2v) is 5.92. The molecule has 20 heavy (non-hydrogen) atoms. The molecule has 1 N–H and O–H groups in total. The lowest BCUT2D eigenvalue weighted by atomic mass is 10.1. The van der Waals surface area contributed by atoms with Gasteiger partial charge in [-0.15, -0.1) is 24.8 Å². The van der Waals surface area contributed by atoms with Crippen LogP contribution in [-0.2, 0) is 4.79 Å². The van der Waals surface area contributed by atoms with Gasteiger partial charge in [0.1, 0.15) is 0 Å². The first-order chi connectivity index (χ1) is 8.69. The average molecular weight is 326 g/mol. The molecular formula is C14H29Cl2N3O. The average Bonchev–Trinajstić information content (AvgIpc) is 3.07. The summed E-state index contributed by atoms with van der Waals surface area (Å²) in [6, 6.07) is 0. The highest BCUT2D eigenvalue weighted by molar-refractivity contribution is 5.85. The number of amides is 1. The van der Waals surface area contributed by atoms with Crippen molar-refractivity contribution >= 4 is 30.7 Å². The van der Waals surface area contributed by atoms with Crippen molar-refractivity contribution in [3.05, 3.63) is 0 Å². The van der Waals surface area contributed by atoms with Gasteiger partial charge >= 0.3 is 0 Å². The van der Waals surface area contributed by atoms with Crippen LogP contribution < -0.4 is 5.32 Å². The molecule has 0 aromatic rings. The summed E-state index contributed by atoms with van der Waals surface area (Å²) in [5, 5.41) is 3.29. The Labute approximate surface area is 135 Å². The highest BCUT2D eigenvalue weighted by Crippen LogP contribution is 2.27. The molecule has 1 saturated carbocycles. The third-order valence-corrected chi connectivity index (χ3v) is 4.15. The van der Waals surface area contributed by atoms with E-state index in [9.17, 15) is 4.79 Å². The van der Waals surface area contributed by atoms with Crippen LogP contribution in [-0.4, -0.2) is 62.0 Å². The van der Waals surface area contributed by atoms with E-state index >= 15 is 0 Å². The molecule has 1 aliphatic heterocycles. The Morgan fingerprint density at radius 1 is 1.25 bits per heavy atom. The molecule has 0 radical (unpaired) electrons. The molecule has 1 aliphatic carbocycles. The molecule has 6 heteroatoms. The Kier molecular flexibility index (Phi) is 9.81. The SMILES string of the molecule is CCN(C)CC1CCN(C(=O)CNCC2CC2)C1.Cl.Cl. The maximum atomic E-state index is 12.0. The first kappa shape index (κ1) is 20.0. The number of hydrogen-bond donors (Lipinski definition) is 1. The predicted octanol–water partition coefficient (Wildman–Crippen LogP) is 1.63. The van der Waals surface area contributed by atoms with E-state index in [1.807, 2.05) is 4.90 Å². The summed E-state index contributed by atoms with van der Waals surface area (Å²) in [6.07, 6.45) is 3.85. The van der Waals surface area contributed by atoms with Crippen molar-refractivity contribution in [2.24, 2.45) is 11.8 Å². The largest absolute Gasteiger partial charge is 0.341 e. The second-order valence-electron chi connectivity index (χ2n) is 5.92. The quantitative estimate of drug-likeness (QED) is 0.772. The Bertz CT molecular complexity index is 288.